The van der Waals surface area contributed by atoms with Crippen molar-refractivity contribution in [3.05, 3.63) is 0 Å². The molecule has 0 aromatic rings. The van der Waals surface area contributed by atoms with Crippen LogP contribution < -0.4 is 0 Å². The van der Waals surface area contributed by atoms with Gasteiger partial charge in [-0.1, -0.05) is 20.8 Å². The molecule has 2 atom stereocenters. The van der Waals surface area contributed by atoms with Crippen molar-refractivity contribution in [3.8, 4) is 0 Å². The molecule has 0 bridgehead atoms. The first-order valence-electron chi connectivity index (χ1n) is 5.80. The van der Waals surface area contributed by atoms with Gasteiger partial charge in [-0.15, -0.1) is 0 Å². The third kappa shape index (κ3) is 2.00. The monoisotopic (exact) mass is 268 g/mol. The largest absolute Gasteiger partial charge is 0.465 e. The summed E-state index contributed by atoms with van der Waals surface area (Å²) in [4.78, 5) is 10.8. The first-order valence-corrected chi connectivity index (χ1v) is 5.80. The molecule has 0 aromatic carbocycles. The summed E-state index contributed by atoms with van der Waals surface area (Å²) in [6.07, 6.45) is -4.91. The van der Waals surface area contributed by atoms with Crippen LogP contribution in [0.15, 0.2) is 0 Å². The fourth-order valence-corrected chi connectivity index (χ4v) is 2.59. The van der Waals surface area contributed by atoms with E-state index < -0.39 is 28.6 Å². The number of carbonyl (C=O) groups is 1. The number of halogens is 3. The van der Waals surface area contributed by atoms with E-state index in [0.29, 0.717) is 0 Å². The molecule has 18 heavy (non-hydrogen) atoms. The van der Waals surface area contributed by atoms with Gasteiger partial charge < -0.3 is 9.84 Å². The number of hydrogen-bond donors (Lipinski definition) is 1. The molecule has 0 heterocycles. The highest BCUT2D eigenvalue weighted by molar-refractivity contribution is 5.65. The predicted octanol–water partition coefficient (Wildman–Crippen LogP) is 2.67. The predicted molar refractivity (Wildman–Crippen MR) is 58.8 cm³/mol. The molecule has 0 saturated heterocycles. The Balaban J connectivity index is 3.05. The SMILES string of the molecule is CC(=O)OC[C@]1(C)CC[C@@](O)(C(F)(F)F)C1(C)C. The highest BCUT2D eigenvalue weighted by Crippen LogP contribution is 2.62. The van der Waals surface area contributed by atoms with Crippen LogP contribution in [0.4, 0.5) is 13.2 Å². The molecule has 1 aliphatic rings. The lowest BCUT2D eigenvalue weighted by molar-refractivity contribution is -0.298. The number of ether oxygens (including phenoxy) is 1. The molecule has 106 valence electrons. The fourth-order valence-electron chi connectivity index (χ4n) is 2.59. The summed E-state index contributed by atoms with van der Waals surface area (Å²) in [5.41, 5.74) is -5.06. The Hall–Kier alpha value is -0.780. The van der Waals surface area contributed by atoms with E-state index in [9.17, 15) is 23.1 Å². The summed E-state index contributed by atoms with van der Waals surface area (Å²) in [5, 5.41) is 9.99. The average Bonchev–Trinajstić information content (AvgIpc) is 2.37. The van der Waals surface area contributed by atoms with E-state index in [2.05, 4.69) is 0 Å². The van der Waals surface area contributed by atoms with Gasteiger partial charge in [0.05, 0.1) is 6.61 Å². The molecular weight excluding hydrogens is 249 g/mol. The van der Waals surface area contributed by atoms with Crippen LogP contribution in [0.1, 0.15) is 40.5 Å². The molecule has 1 rings (SSSR count). The maximum absolute atomic E-state index is 13.0. The van der Waals surface area contributed by atoms with Crippen LogP contribution in [0, 0.1) is 10.8 Å². The van der Waals surface area contributed by atoms with E-state index in [1.54, 1.807) is 6.92 Å². The minimum Gasteiger partial charge on any atom is -0.465 e. The molecule has 6 heteroatoms. The number of esters is 1. The van der Waals surface area contributed by atoms with E-state index in [1.807, 2.05) is 0 Å². The number of alkyl halides is 3. The lowest BCUT2D eigenvalue weighted by atomic mass is 9.64. The van der Waals surface area contributed by atoms with Crippen molar-refractivity contribution in [1.82, 2.24) is 0 Å². The first kappa shape index (κ1) is 15.3. The van der Waals surface area contributed by atoms with Crippen molar-refractivity contribution < 1.29 is 27.8 Å². The van der Waals surface area contributed by atoms with Crippen molar-refractivity contribution in [2.75, 3.05) is 6.61 Å². The van der Waals surface area contributed by atoms with Crippen LogP contribution in [0.3, 0.4) is 0 Å². The van der Waals surface area contributed by atoms with Gasteiger partial charge in [-0.05, 0) is 12.8 Å². The van der Waals surface area contributed by atoms with Gasteiger partial charge in [0.1, 0.15) is 0 Å². The summed E-state index contributed by atoms with van der Waals surface area (Å²) >= 11 is 0. The molecule has 0 aliphatic heterocycles. The summed E-state index contributed by atoms with van der Waals surface area (Å²) in [6.45, 7) is 5.45. The van der Waals surface area contributed by atoms with E-state index in [1.165, 1.54) is 20.8 Å². The minimum absolute atomic E-state index is 0.117. The Morgan fingerprint density at radius 3 is 2.11 bits per heavy atom. The molecule has 1 saturated carbocycles. The van der Waals surface area contributed by atoms with Gasteiger partial charge >= 0.3 is 12.1 Å². The Morgan fingerprint density at radius 2 is 1.78 bits per heavy atom. The lowest BCUT2D eigenvalue weighted by Gasteiger charge is -2.46. The Bertz CT molecular complexity index is 351. The van der Waals surface area contributed by atoms with Crippen LogP contribution >= 0.6 is 0 Å². The second kappa shape index (κ2) is 4.11. The summed E-state index contributed by atoms with van der Waals surface area (Å²) in [5.74, 6) is -0.533. The number of carbonyl (C=O) groups excluding carboxylic acids is 1. The van der Waals surface area contributed by atoms with Gasteiger partial charge in [-0.2, -0.15) is 13.2 Å². The van der Waals surface area contributed by atoms with Crippen molar-refractivity contribution in [2.24, 2.45) is 10.8 Å². The number of hydrogen-bond acceptors (Lipinski definition) is 3. The van der Waals surface area contributed by atoms with E-state index >= 15 is 0 Å². The molecule has 1 N–H and O–H groups in total. The van der Waals surface area contributed by atoms with E-state index in [0.717, 1.165) is 0 Å². The average molecular weight is 268 g/mol. The van der Waals surface area contributed by atoms with Crippen molar-refractivity contribution in [2.45, 2.75) is 52.3 Å². The van der Waals surface area contributed by atoms with Crippen molar-refractivity contribution in [1.29, 1.82) is 0 Å². The number of aliphatic hydroxyl groups is 1. The van der Waals surface area contributed by atoms with E-state index in [4.69, 9.17) is 4.74 Å². The molecule has 0 spiro atoms. The molecule has 1 fully saturated rings. The topological polar surface area (TPSA) is 46.5 Å². The Labute approximate surface area is 104 Å². The van der Waals surface area contributed by atoms with Gasteiger partial charge in [0.25, 0.3) is 0 Å². The Kier molecular flexibility index (Phi) is 3.49. The van der Waals surface area contributed by atoms with Crippen LogP contribution in [0.5, 0.6) is 0 Å². The van der Waals surface area contributed by atoms with Gasteiger partial charge in [0.2, 0.25) is 0 Å². The van der Waals surface area contributed by atoms with Crippen LogP contribution in [-0.4, -0.2) is 29.5 Å². The highest BCUT2D eigenvalue weighted by Gasteiger charge is 2.71. The Morgan fingerprint density at radius 1 is 1.28 bits per heavy atom. The minimum atomic E-state index is -4.69. The van der Waals surface area contributed by atoms with Gasteiger partial charge in [0, 0.05) is 17.8 Å². The third-order valence-corrected chi connectivity index (χ3v) is 4.64. The third-order valence-electron chi connectivity index (χ3n) is 4.64. The molecule has 3 nitrogen and oxygen atoms in total. The maximum atomic E-state index is 13.0. The number of rotatable bonds is 2. The van der Waals surface area contributed by atoms with Gasteiger partial charge in [0.15, 0.2) is 5.60 Å². The van der Waals surface area contributed by atoms with Gasteiger partial charge in [-0.25, -0.2) is 0 Å². The quantitative estimate of drug-likeness (QED) is 0.783. The summed E-state index contributed by atoms with van der Waals surface area (Å²) in [6, 6.07) is 0. The molecule has 0 radical (unpaired) electrons. The fraction of sp³-hybridized carbons (Fsp3) is 0.917. The highest BCUT2D eigenvalue weighted by atomic mass is 19.4. The van der Waals surface area contributed by atoms with Crippen LogP contribution in [-0.2, 0) is 9.53 Å². The second-order valence-electron chi connectivity index (χ2n) is 5.82. The molecule has 1 aliphatic carbocycles. The van der Waals surface area contributed by atoms with Crippen molar-refractivity contribution >= 4 is 5.97 Å². The smallest absolute Gasteiger partial charge is 0.417 e. The van der Waals surface area contributed by atoms with Crippen LogP contribution in [0.25, 0.3) is 0 Å². The van der Waals surface area contributed by atoms with Gasteiger partial charge in [-0.3, -0.25) is 4.79 Å². The normalized spacial score (nSPS) is 35.6. The maximum Gasteiger partial charge on any atom is 0.417 e. The zero-order valence-corrected chi connectivity index (χ0v) is 11.0. The standard InChI is InChI=1S/C12H19F3O3/c1-8(16)18-7-10(4)5-6-11(17,9(10,2)3)12(13,14)15/h17H,5-7H2,1-4H3/t10-,11-/m0/s1. The second-order valence-corrected chi connectivity index (χ2v) is 5.82. The molecule has 0 amide bonds. The zero-order valence-electron chi connectivity index (χ0n) is 11.0. The van der Waals surface area contributed by atoms with Crippen molar-refractivity contribution in [3.63, 3.8) is 0 Å². The zero-order chi connectivity index (χ0) is 14.4. The van der Waals surface area contributed by atoms with E-state index in [-0.39, 0.29) is 19.4 Å². The summed E-state index contributed by atoms with van der Waals surface area (Å²) in [7, 11) is 0. The first-order chi connectivity index (χ1) is 7.87. The molecular formula is C12H19F3O3. The van der Waals surface area contributed by atoms with Crippen LogP contribution in [0.2, 0.25) is 0 Å². The molecule has 0 aromatic heterocycles. The molecule has 0 unspecified atom stereocenters. The summed E-state index contributed by atoms with van der Waals surface area (Å²) < 4.78 is 43.9. The lowest BCUT2D eigenvalue weighted by Crippen LogP contribution is -2.57.